The van der Waals surface area contributed by atoms with Crippen molar-refractivity contribution in [3.63, 3.8) is 0 Å². The van der Waals surface area contributed by atoms with Gasteiger partial charge in [0.05, 0.1) is 25.1 Å². The summed E-state index contributed by atoms with van der Waals surface area (Å²) in [6.07, 6.45) is 20.0. The van der Waals surface area contributed by atoms with Crippen molar-refractivity contribution in [2.24, 2.45) is 5.92 Å². The molecule has 2 rings (SSSR count). The fourth-order valence-electron chi connectivity index (χ4n) is 3.67. The van der Waals surface area contributed by atoms with Crippen LogP contribution in [0.2, 0.25) is 0 Å². The minimum Gasteiger partial charge on any atom is -0.494 e. The maximum atomic E-state index is 9.57. The topological polar surface area (TPSA) is 57.5 Å². The Balaban J connectivity index is 1.67. The van der Waals surface area contributed by atoms with Crippen molar-refractivity contribution in [3.05, 3.63) is 48.1 Å². The third kappa shape index (κ3) is 10.2. The van der Waals surface area contributed by atoms with Gasteiger partial charge in [-0.25, -0.2) is 4.90 Å². The summed E-state index contributed by atoms with van der Waals surface area (Å²) in [4.78, 5) is 1.53. The van der Waals surface area contributed by atoms with Crippen LogP contribution >= 0.6 is 0 Å². The van der Waals surface area contributed by atoms with Crippen LogP contribution in [0.15, 0.2) is 42.5 Å². The van der Waals surface area contributed by atoms with E-state index >= 15 is 0 Å². The quantitative estimate of drug-likeness (QED) is 0.195. The molecule has 0 bridgehead atoms. The first-order valence-electron chi connectivity index (χ1n) is 12.9. The molecule has 1 N–H and O–H groups in total. The predicted molar refractivity (Wildman–Crippen MR) is 136 cm³/mol. The SMILES string of the molecule is CCCCCCCCCCCCOc1ccc(C2=CNC(OC[C@@H](C)CC)=CN2C#N)cc1. The first-order chi connectivity index (χ1) is 16.2. The molecule has 0 aliphatic carbocycles. The minimum absolute atomic E-state index is 0.474. The fraction of sp³-hybridized carbons (Fsp3) is 0.607. The molecule has 1 aromatic carbocycles. The molecule has 0 unspecified atom stereocenters. The van der Waals surface area contributed by atoms with Gasteiger partial charge in [0, 0.05) is 11.8 Å². The van der Waals surface area contributed by atoms with E-state index < -0.39 is 0 Å². The zero-order valence-electron chi connectivity index (χ0n) is 20.9. The van der Waals surface area contributed by atoms with E-state index in [0.717, 1.165) is 36.5 Å². The highest BCUT2D eigenvalue weighted by molar-refractivity contribution is 5.67. The lowest BCUT2D eigenvalue weighted by molar-refractivity contribution is 0.154. The molecule has 5 heteroatoms. The van der Waals surface area contributed by atoms with Crippen LogP contribution in [-0.4, -0.2) is 18.1 Å². The van der Waals surface area contributed by atoms with Crippen LogP contribution in [0.3, 0.4) is 0 Å². The Morgan fingerprint density at radius 3 is 2.15 bits per heavy atom. The average molecular weight is 454 g/mol. The molecular formula is C28H43N3O2. The molecule has 1 aliphatic rings. The molecule has 1 aromatic rings. The first-order valence-corrected chi connectivity index (χ1v) is 12.9. The highest BCUT2D eigenvalue weighted by Gasteiger charge is 2.16. The van der Waals surface area contributed by atoms with Crippen molar-refractivity contribution in [1.82, 2.24) is 10.2 Å². The molecule has 1 aliphatic heterocycles. The smallest absolute Gasteiger partial charge is 0.208 e. The van der Waals surface area contributed by atoms with E-state index in [1.54, 1.807) is 6.20 Å². The lowest BCUT2D eigenvalue weighted by Gasteiger charge is -2.23. The Bertz CT molecular complexity index is 764. The van der Waals surface area contributed by atoms with E-state index in [-0.39, 0.29) is 0 Å². The number of benzene rings is 1. The van der Waals surface area contributed by atoms with Gasteiger partial charge in [-0.05, 0) is 36.6 Å². The number of nitrogens with one attached hydrogen (secondary N) is 1. The van der Waals surface area contributed by atoms with E-state index in [4.69, 9.17) is 9.47 Å². The summed E-state index contributed by atoms with van der Waals surface area (Å²) in [5.41, 5.74) is 1.74. The maximum Gasteiger partial charge on any atom is 0.208 e. The molecule has 0 saturated carbocycles. The Kier molecular flexibility index (Phi) is 13.0. The van der Waals surface area contributed by atoms with Crippen LogP contribution in [0, 0.1) is 17.4 Å². The van der Waals surface area contributed by atoms with E-state index in [1.807, 2.05) is 30.5 Å². The summed E-state index contributed by atoms with van der Waals surface area (Å²) >= 11 is 0. The van der Waals surface area contributed by atoms with E-state index in [0.29, 0.717) is 18.4 Å². The van der Waals surface area contributed by atoms with Crippen molar-refractivity contribution in [1.29, 1.82) is 5.26 Å². The van der Waals surface area contributed by atoms with Gasteiger partial charge in [-0.1, -0.05) is 85.0 Å². The van der Waals surface area contributed by atoms with Gasteiger partial charge in [-0.3, -0.25) is 0 Å². The number of ether oxygens (including phenoxy) is 2. The van der Waals surface area contributed by atoms with Gasteiger partial charge in [0.1, 0.15) is 5.75 Å². The molecule has 0 amide bonds. The molecule has 0 saturated heterocycles. The van der Waals surface area contributed by atoms with Gasteiger partial charge in [0.25, 0.3) is 0 Å². The Labute approximate surface area is 201 Å². The molecule has 1 atom stereocenters. The summed E-state index contributed by atoms with van der Waals surface area (Å²) in [6.45, 7) is 7.93. The van der Waals surface area contributed by atoms with Gasteiger partial charge in [0.15, 0.2) is 6.19 Å². The van der Waals surface area contributed by atoms with Crippen molar-refractivity contribution < 1.29 is 9.47 Å². The summed E-state index contributed by atoms with van der Waals surface area (Å²) in [7, 11) is 0. The van der Waals surface area contributed by atoms with Crippen molar-refractivity contribution in [2.45, 2.75) is 91.4 Å². The molecule has 182 valence electrons. The molecule has 0 radical (unpaired) electrons. The molecule has 33 heavy (non-hydrogen) atoms. The number of rotatable bonds is 17. The van der Waals surface area contributed by atoms with Gasteiger partial charge >= 0.3 is 0 Å². The number of unbranched alkanes of at least 4 members (excludes halogenated alkanes) is 9. The van der Waals surface area contributed by atoms with E-state index in [9.17, 15) is 5.26 Å². The van der Waals surface area contributed by atoms with Crippen LogP contribution < -0.4 is 10.1 Å². The van der Waals surface area contributed by atoms with Crippen molar-refractivity contribution >= 4 is 5.70 Å². The second-order valence-electron chi connectivity index (χ2n) is 9.02. The average Bonchev–Trinajstić information content (AvgIpc) is 2.86. The molecule has 0 fully saturated rings. The zero-order valence-corrected chi connectivity index (χ0v) is 20.9. The summed E-state index contributed by atoms with van der Waals surface area (Å²) in [5.74, 6) is 1.94. The number of nitriles is 1. The van der Waals surface area contributed by atoms with Gasteiger partial charge in [-0.2, -0.15) is 5.26 Å². The summed E-state index contributed by atoms with van der Waals surface area (Å²) < 4.78 is 11.7. The van der Waals surface area contributed by atoms with Crippen LogP contribution in [0.4, 0.5) is 0 Å². The van der Waals surface area contributed by atoms with E-state index in [1.165, 1.54) is 62.7 Å². The summed E-state index contributed by atoms with van der Waals surface area (Å²) in [5, 5.41) is 12.7. The molecular weight excluding hydrogens is 410 g/mol. The Hall–Kier alpha value is -2.61. The first kappa shape index (κ1) is 26.6. The van der Waals surface area contributed by atoms with Gasteiger partial charge < -0.3 is 14.8 Å². The molecule has 0 spiro atoms. The lowest BCUT2D eigenvalue weighted by Crippen LogP contribution is -2.24. The molecule has 0 aromatic heterocycles. The van der Waals surface area contributed by atoms with Crippen molar-refractivity contribution in [2.75, 3.05) is 13.2 Å². The lowest BCUT2D eigenvalue weighted by atomic mass is 10.1. The monoisotopic (exact) mass is 453 g/mol. The Morgan fingerprint density at radius 2 is 1.55 bits per heavy atom. The van der Waals surface area contributed by atoms with Gasteiger partial charge in [0.2, 0.25) is 5.88 Å². The molecule has 5 nitrogen and oxygen atoms in total. The Morgan fingerprint density at radius 1 is 0.909 bits per heavy atom. The summed E-state index contributed by atoms with van der Waals surface area (Å²) in [6, 6.07) is 7.93. The molecule has 1 heterocycles. The van der Waals surface area contributed by atoms with Crippen LogP contribution in [0.25, 0.3) is 5.70 Å². The number of hydrogen-bond acceptors (Lipinski definition) is 5. The second kappa shape index (κ2) is 16.1. The van der Waals surface area contributed by atoms with Crippen molar-refractivity contribution in [3.8, 4) is 11.9 Å². The predicted octanol–water partition coefficient (Wildman–Crippen LogP) is 7.53. The highest BCUT2D eigenvalue weighted by atomic mass is 16.5. The largest absolute Gasteiger partial charge is 0.494 e. The zero-order chi connectivity index (χ0) is 23.7. The standard InChI is InChI=1S/C28H43N3O2/c1-4-6-7-8-9-10-11-12-13-14-19-32-26-17-15-25(16-18-26)27-20-30-28(21-31(27)23-29)33-22-24(3)5-2/h15-18,20-21,24,30H,4-14,19,22H2,1-3H3/t24-/m0/s1. The van der Waals surface area contributed by atoms with Crippen LogP contribution in [0.1, 0.15) is 97.0 Å². The maximum absolute atomic E-state index is 9.57. The highest BCUT2D eigenvalue weighted by Crippen LogP contribution is 2.25. The van der Waals surface area contributed by atoms with Crippen LogP contribution in [0.5, 0.6) is 5.75 Å². The minimum atomic E-state index is 0.474. The second-order valence-corrected chi connectivity index (χ2v) is 9.02. The third-order valence-corrected chi connectivity index (χ3v) is 6.10. The number of hydrogen-bond donors (Lipinski definition) is 1. The van der Waals surface area contributed by atoms with E-state index in [2.05, 4.69) is 32.3 Å². The fourth-order valence-corrected chi connectivity index (χ4v) is 3.67. The van der Waals surface area contributed by atoms with Crippen LogP contribution in [-0.2, 0) is 4.74 Å². The normalized spacial score (nSPS) is 14.1. The number of nitrogens with zero attached hydrogens (tertiary/aromatic N) is 2. The third-order valence-electron chi connectivity index (χ3n) is 6.10. The van der Waals surface area contributed by atoms with Gasteiger partial charge in [-0.15, -0.1) is 0 Å².